The maximum absolute atomic E-state index is 4.50. The molecular weight excluding hydrogens is 230 g/mol. The number of rotatable bonds is 7. The maximum atomic E-state index is 4.50. The Morgan fingerprint density at radius 3 is 2.88 bits per heavy atom. The van der Waals surface area contributed by atoms with Crippen molar-refractivity contribution < 1.29 is 0 Å². The third-order valence-corrected chi connectivity index (χ3v) is 3.19. The van der Waals surface area contributed by atoms with E-state index in [0.29, 0.717) is 5.92 Å². The monoisotopic (exact) mass is 251 g/mol. The van der Waals surface area contributed by atoms with Crippen LogP contribution in [0.2, 0.25) is 0 Å². The molecule has 1 aromatic heterocycles. The van der Waals surface area contributed by atoms with Crippen molar-refractivity contribution in [1.29, 1.82) is 0 Å². The minimum atomic E-state index is 0.437. The lowest BCUT2D eigenvalue weighted by Gasteiger charge is -2.09. The van der Waals surface area contributed by atoms with Crippen LogP contribution in [0.15, 0.2) is 18.7 Å². The number of aromatic nitrogens is 2. The van der Waals surface area contributed by atoms with Crippen LogP contribution < -0.4 is 5.32 Å². The predicted octanol–water partition coefficient (Wildman–Crippen LogP) is 3.24. The molecule has 0 fully saturated rings. The van der Waals surface area contributed by atoms with Gasteiger partial charge in [-0.1, -0.05) is 19.9 Å². The van der Waals surface area contributed by atoms with Crippen molar-refractivity contribution in [3.63, 3.8) is 0 Å². The molecule has 3 nitrogen and oxygen atoms in total. The number of hydrogen-bond acceptors (Lipinski definition) is 4. The van der Waals surface area contributed by atoms with Crippen molar-refractivity contribution in [3.05, 3.63) is 30.1 Å². The van der Waals surface area contributed by atoms with Gasteiger partial charge in [-0.05, 0) is 18.9 Å². The molecule has 0 saturated carbocycles. The van der Waals surface area contributed by atoms with Gasteiger partial charge >= 0.3 is 0 Å². The Kier molecular flexibility index (Phi) is 6.05. The van der Waals surface area contributed by atoms with Crippen LogP contribution in [0.4, 0.5) is 5.95 Å². The van der Waals surface area contributed by atoms with E-state index >= 15 is 0 Å². The summed E-state index contributed by atoms with van der Waals surface area (Å²) >= 11 is 1.85. The van der Waals surface area contributed by atoms with Gasteiger partial charge in [0.2, 0.25) is 5.95 Å². The fraction of sp³-hybridized carbons (Fsp3) is 0.538. The molecule has 17 heavy (non-hydrogen) atoms. The molecule has 1 rings (SSSR count). The molecule has 0 spiro atoms. The SMILES string of the molecule is C=CCSCCNc1nc(C)cc(C(C)C)n1. The summed E-state index contributed by atoms with van der Waals surface area (Å²) in [6.45, 7) is 10.9. The third-order valence-electron chi connectivity index (χ3n) is 2.23. The lowest BCUT2D eigenvalue weighted by molar-refractivity contribution is 0.809. The van der Waals surface area contributed by atoms with Gasteiger partial charge in [0.25, 0.3) is 0 Å². The minimum Gasteiger partial charge on any atom is -0.353 e. The first-order valence-electron chi connectivity index (χ1n) is 5.91. The Balaban J connectivity index is 2.50. The highest BCUT2D eigenvalue weighted by molar-refractivity contribution is 7.99. The molecule has 0 unspecified atom stereocenters. The van der Waals surface area contributed by atoms with Crippen molar-refractivity contribution in [2.45, 2.75) is 26.7 Å². The topological polar surface area (TPSA) is 37.8 Å². The smallest absolute Gasteiger partial charge is 0.223 e. The zero-order valence-corrected chi connectivity index (χ0v) is 11.7. The van der Waals surface area contributed by atoms with E-state index in [-0.39, 0.29) is 0 Å². The average Bonchev–Trinajstić information content (AvgIpc) is 2.28. The minimum absolute atomic E-state index is 0.437. The van der Waals surface area contributed by atoms with E-state index in [9.17, 15) is 0 Å². The van der Waals surface area contributed by atoms with Crippen LogP contribution in [-0.2, 0) is 0 Å². The van der Waals surface area contributed by atoms with Crippen LogP contribution in [0.3, 0.4) is 0 Å². The van der Waals surface area contributed by atoms with E-state index in [1.807, 2.05) is 30.8 Å². The molecule has 0 aromatic carbocycles. The largest absolute Gasteiger partial charge is 0.353 e. The van der Waals surface area contributed by atoms with Crippen LogP contribution in [0, 0.1) is 6.92 Å². The van der Waals surface area contributed by atoms with Crippen molar-refractivity contribution in [2.24, 2.45) is 0 Å². The predicted molar refractivity (Wildman–Crippen MR) is 76.9 cm³/mol. The third kappa shape index (κ3) is 5.22. The summed E-state index contributed by atoms with van der Waals surface area (Å²) in [6, 6.07) is 2.04. The van der Waals surface area contributed by atoms with Gasteiger partial charge in [-0.2, -0.15) is 11.8 Å². The Labute approximate surface area is 108 Å². The molecule has 1 aromatic rings. The fourth-order valence-corrected chi connectivity index (χ4v) is 1.95. The highest BCUT2D eigenvalue weighted by Crippen LogP contribution is 2.14. The number of nitrogens with zero attached hydrogens (tertiary/aromatic N) is 2. The summed E-state index contributed by atoms with van der Waals surface area (Å²) < 4.78 is 0. The standard InChI is InChI=1S/C13H21N3S/c1-5-7-17-8-6-14-13-15-11(4)9-12(16-13)10(2)3/h5,9-10H,1,6-8H2,2-4H3,(H,14,15,16). The first-order valence-corrected chi connectivity index (χ1v) is 7.07. The Morgan fingerprint density at radius 1 is 1.47 bits per heavy atom. The van der Waals surface area contributed by atoms with Crippen LogP contribution >= 0.6 is 11.8 Å². The van der Waals surface area contributed by atoms with Gasteiger partial charge in [-0.25, -0.2) is 9.97 Å². The number of thioether (sulfide) groups is 1. The maximum Gasteiger partial charge on any atom is 0.223 e. The van der Waals surface area contributed by atoms with Gasteiger partial charge in [0.05, 0.1) is 0 Å². The van der Waals surface area contributed by atoms with Crippen molar-refractivity contribution >= 4 is 17.7 Å². The van der Waals surface area contributed by atoms with Crippen LogP contribution in [-0.4, -0.2) is 28.0 Å². The van der Waals surface area contributed by atoms with E-state index in [1.54, 1.807) is 0 Å². The summed E-state index contributed by atoms with van der Waals surface area (Å²) in [4.78, 5) is 8.88. The zero-order valence-electron chi connectivity index (χ0n) is 10.9. The molecule has 0 aliphatic carbocycles. The molecule has 0 aliphatic heterocycles. The summed E-state index contributed by atoms with van der Waals surface area (Å²) in [5.41, 5.74) is 2.11. The molecule has 0 bridgehead atoms. The first kappa shape index (κ1) is 14.0. The van der Waals surface area contributed by atoms with E-state index in [0.717, 1.165) is 35.4 Å². The molecule has 94 valence electrons. The Morgan fingerprint density at radius 2 is 2.24 bits per heavy atom. The molecule has 1 heterocycles. The summed E-state index contributed by atoms with van der Waals surface area (Å²) in [7, 11) is 0. The van der Waals surface area contributed by atoms with E-state index in [4.69, 9.17) is 0 Å². The normalized spacial score (nSPS) is 10.6. The molecule has 0 amide bonds. The van der Waals surface area contributed by atoms with Crippen LogP contribution in [0.25, 0.3) is 0 Å². The number of nitrogens with one attached hydrogen (secondary N) is 1. The Bertz CT molecular complexity index is 364. The second kappa shape index (κ2) is 7.33. The summed E-state index contributed by atoms with van der Waals surface area (Å²) in [5, 5.41) is 3.26. The number of anilines is 1. The van der Waals surface area contributed by atoms with Crippen LogP contribution in [0.5, 0.6) is 0 Å². The highest BCUT2D eigenvalue weighted by atomic mass is 32.2. The molecule has 0 radical (unpaired) electrons. The van der Waals surface area contributed by atoms with E-state index in [2.05, 4.69) is 35.7 Å². The van der Waals surface area contributed by atoms with Crippen molar-refractivity contribution in [3.8, 4) is 0 Å². The number of aryl methyl sites for hydroxylation is 1. The fourth-order valence-electron chi connectivity index (χ4n) is 1.37. The lowest BCUT2D eigenvalue weighted by atomic mass is 10.1. The number of hydrogen-bond donors (Lipinski definition) is 1. The van der Waals surface area contributed by atoms with Crippen LogP contribution in [0.1, 0.15) is 31.2 Å². The molecular formula is C13H21N3S. The van der Waals surface area contributed by atoms with E-state index in [1.165, 1.54) is 0 Å². The second-order valence-electron chi connectivity index (χ2n) is 4.20. The van der Waals surface area contributed by atoms with Gasteiger partial charge in [0.1, 0.15) is 0 Å². The summed E-state index contributed by atoms with van der Waals surface area (Å²) in [6.07, 6.45) is 1.92. The van der Waals surface area contributed by atoms with E-state index < -0.39 is 0 Å². The van der Waals surface area contributed by atoms with Gasteiger partial charge in [-0.15, -0.1) is 6.58 Å². The van der Waals surface area contributed by atoms with Crippen molar-refractivity contribution in [1.82, 2.24) is 9.97 Å². The van der Waals surface area contributed by atoms with Gasteiger partial charge < -0.3 is 5.32 Å². The lowest BCUT2D eigenvalue weighted by Crippen LogP contribution is -2.10. The molecule has 0 atom stereocenters. The quantitative estimate of drug-likeness (QED) is 0.596. The molecule has 0 aliphatic rings. The van der Waals surface area contributed by atoms with Gasteiger partial charge in [0.15, 0.2) is 0 Å². The highest BCUT2D eigenvalue weighted by Gasteiger charge is 2.05. The summed E-state index contributed by atoms with van der Waals surface area (Å²) in [5.74, 6) is 3.22. The Hall–Kier alpha value is -1.03. The van der Waals surface area contributed by atoms with Gasteiger partial charge in [-0.3, -0.25) is 0 Å². The second-order valence-corrected chi connectivity index (χ2v) is 5.35. The molecule has 4 heteroatoms. The molecule has 0 saturated heterocycles. The molecule has 1 N–H and O–H groups in total. The zero-order chi connectivity index (χ0) is 12.7. The average molecular weight is 251 g/mol. The first-order chi connectivity index (χ1) is 8.13. The van der Waals surface area contributed by atoms with Crippen molar-refractivity contribution in [2.75, 3.05) is 23.4 Å². The van der Waals surface area contributed by atoms with Gasteiger partial charge in [0, 0.05) is 29.4 Å².